The predicted molar refractivity (Wildman–Crippen MR) is 94.9 cm³/mol. The fraction of sp³-hybridized carbons (Fsp3) is 0.412. The summed E-state index contributed by atoms with van der Waals surface area (Å²) in [5.41, 5.74) is 6.30. The largest absolute Gasteiger partial charge is 0.393 e. The lowest BCUT2D eigenvalue weighted by Crippen LogP contribution is -2.33. The first kappa shape index (κ1) is 17.3. The van der Waals surface area contributed by atoms with Gasteiger partial charge >= 0.3 is 0 Å². The second kappa shape index (κ2) is 8.06. The summed E-state index contributed by atoms with van der Waals surface area (Å²) in [6.45, 7) is 3.85. The number of halogens is 2. The molecule has 1 fully saturated rings. The molecule has 134 valence electrons. The van der Waals surface area contributed by atoms with Crippen LogP contribution in [0.2, 0.25) is 0 Å². The Labute approximate surface area is 145 Å². The standard InChI is InChI=1S/C17H22F2N6/c18-12-4-5-13(19)14(10-12)24-17-15(20)16(22-11-23-17)21-6-9-25-7-2-1-3-8-25/h4-5,10-11H,1-3,6-9,20H2,(H2,21,22,23,24). The lowest BCUT2D eigenvalue weighted by Gasteiger charge is -2.26. The molecule has 0 bridgehead atoms. The van der Waals surface area contributed by atoms with Crippen LogP contribution in [-0.4, -0.2) is 41.0 Å². The molecule has 0 saturated carbocycles. The Morgan fingerprint density at radius 3 is 2.64 bits per heavy atom. The smallest absolute Gasteiger partial charge is 0.159 e. The maximum Gasteiger partial charge on any atom is 0.159 e. The quantitative estimate of drug-likeness (QED) is 0.745. The van der Waals surface area contributed by atoms with Crippen molar-refractivity contribution in [2.45, 2.75) is 19.3 Å². The van der Waals surface area contributed by atoms with Crippen molar-refractivity contribution >= 4 is 23.0 Å². The Hall–Kier alpha value is -2.48. The molecule has 0 unspecified atom stereocenters. The molecule has 2 aromatic rings. The predicted octanol–water partition coefficient (Wildman–Crippen LogP) is 2.98. The average molecular weight is 348 g/mol. The molecule has 0 radical (unpaired) electrons. The van der Waals surface area contributed by atoms with Crippen molar-refractivity contribution in [2.24, 2.45) is 0 Å². The lowest BCUT2D eigenvalue weighted by atomic mass is 10.1. The lowest BCUT2D eigenvalue weighted by molar-refractivity contribution is 0.237. The molecule has 1 aliphatic heterocycles. The number of rotatable bonds is 6. The van der Waals surface area contributed by atoms with Crippen molar-refractivity contribution in [3.63, 3.8) is 0 Å². The summed E-state index contributed by atoms with van der Waals surface area (Å²) in [6.07, 6.45) is 5.11. The van der Waals surface area contributed by atoms with Crippen molar-refractivity contribution in [1.82, 2.24) is 14.9 Å². The number of nitrogen functional groups attached to an aromatic ring is 1. The summed E-state index contributed by atoms with van der Waals surface area (Å²) < 4.78 is 27.0. The van der Waals surface area contributed by atoms with E-state index in [1.54, 1.807) is 0 Å². The van der Waals surface area contributed by atoms with Crippen molar-refractivity contribution < 1.29 is 8.78 Å². The van der Waals surface area contributed by atoms with Crippen LogP contribution in [0.5, 0.6) is 0 Å². The molecule has 0 spiro atoms. The third kappa shape index (κ3) is 4.54. The molecule has 0 aliphatic carbocycles. The molecule has 0 amide bonds. The maximum atomic E-state index is 13.8. The zero-order valence-electron chi connectivity index (χ0n) is 13.9. The van der Waals surface area contributed by atoms with Gasteiger partial charge in [-0.05, 0) is 38.1 Å². The van der Waals surface area contributed by atoms with Gasteiger partial charge in [0.1, 0.15) is 23.6 Å². The minimum absolute atomic E-state index is 0.0235. The van der Waals surface area contributed by atoms with Crippen molar-refractivity contribution in [3.05, 3.63) is 36.2 Å². The number of anilines is 4. The van der Waals surface area contributed by atoms with Crippen LogP contribution in [0.4, 0.5) is 31.8 Å². The van der Waals surface area contributed by atoms with E-state index in [9.17, 15) is 8.78 Å². The van der Waals surface area contributed by atoms with E-state index in [-0.39, 0.29) is 17.2 Å². The molecule has 2 heterocycles. The number of benzene rings is 1. The van der Waals surface area contributed by atoms with Crippen LogP contribution in [0, 0.1) is 11.6 Å². The Kier molecular flexibility index (Phi) is 5.60. The summed E-state index contributed by atoms with van der Waals surface area (Å²) in [5, 5.41) is 5.91. The Bertz CT molecular complexity index is 718. The monoisotopic (exact) mass is 348 g/mol. The zero-order valence-corrected chi connectivity index (χ0v) is 13.9. The Morgan fingerprint density at radius 1 is 1.08 bits per heavy atom. The van der Waals surface area contributed by atoms with Gasteiger partial charge in [0.2, 0.25) is 0 Å². The van der Waals surface area contributed by atoms with E-state index in [4.69, 9.17) is 5.73 Å². The van der Waals surface area contributed by atoms with Crippen molar-refractivity contribution in [3.8, 4) is 0 Å². The molecule has 4 N–H and O–H groups in total. The highest BCUT2D eigenvalue weighted by molar-refractivity contribution is 5.77. The molecule has 8 heteroatoms. The van der Waals surface area contributed by atoms with Crippen LogP contribution >= 0.6 is 0 Å². The topological polar surface area (TPSA) is 79.1 Å². The van der Waals surface area contributed by atoms with Gasteiger partial charge in [0, 0.05) is 19.2 Å². The van der Waals surface area contributed by atoms with Crippen LogP contribution in [0.25, 0.3) is 0 Å². The van der Waals surface area contributed by atoms with Gasteiger partial charge in [-0.2, -0.15) is 0 Å². The van der Waals surface area contributed by atoms with E-state index in [0.717, 1.165) is 37.8 Å². The number of hydrogen-bond donors (Lipinski definition) is 3. The van der Waals surface area contributed by atoms with E-state index in [1.807, 2.05) is 0 Å². The number of piperidine rings is 1. The molecule has 0 atom stereocenters. The van der Waals surface area contributed by atoms with Crippen molar-refractivity contribution in [2.75, 3.05) is 42.5 Å². The molecule has 1 saturated heterocycles. The third-order valence-electron chi connectivity index (χ3n) is 4.23. The summed E-state index contributed by atoms with van der Waals surface area (Å²) in [4.78, 5) is 10.5. The zero-order chi connectivity index (χ0) is 17.6. The van der Waals surface area contributed by atoms with E-state index in [2.05, 4.69) is 25.5 Å². The van der Waals surface area contributed by atoms with Crippen LogP contribution in [0.3, 0.4) is 0 Å². The second-order valence-electron chi connectivity index (χ2n) is 6.06. The third-order valence-corrected chi connectivity index (χ3v) is 4.23. The van der Waals surface area contributed by atoms with E-state index >= 15 is 0 Å². The van der Waals surface area contributed by atoms with Crippen molar-refractivity contribution in [1.29, 1.82) is 0 Å². The Morgan fingerprint density at radius 2 is 1.84 bits per heavy atom. The van der Waals surface area contributed by atoms with Gasteiger partial charge in [-0.15, -0.1) is 0 Å². The molecule has 1 aliphatic rings. The van der Waals surface area contributed by atoms with Crippen LogP contribution in [0.1, 0.15) is 19.3 Å². The fourth-order valence-corrected chi connectivity index (χ4v) is 2.87. The molecular formula is C17H22F2N6. The normalized spacial score (nSPS) is 15.1. The summed E-state index contributed by atoms with van der Waals surface area (Å²) in [7, 11) is 0. The van der Waals surface area contributed by atoms with Gasteiger partial charge in [0.25, 0.3) is 0 Å². The van der Waals surface area contributed by atoms with E-state index in [1.165, 1.54) is 25.6 Å². The highest BCUT2D eigenvalue weighted by atomic mass is 19.1. The second-order valence-corrected chi connectivity index (χ2v) is 6.06. The molecular weight excluding hydrogens is 326 g/mol. The van der Waals surface area contributed by atoms with Gasteiger partial charge < -0.3 is 21.3 Å². The van der Waals surface area contributed by atoms with Gasteiger partial charge in [0.15, 0.2) is 11.6 Å². The first-order valence-electron chi connectivity index (χ1n) is 8.42. The number of likely N-dealkylation sites (tertiary alicyclic amines) is 1. The SMILES string of the molecule is Nc1c(NCCN2CCCCC2)ncnc1Nc1cc(F)ccc1F. The fourth-order valence-electron chi connectivity index (χ4n) is 2.87. The van der Waals surface area contributed by atoms with Gasteiger partial charge in [0.05, 0.1) is 5.69 Å². The molecule has 3 rings (SSSR count). The average Bonchev–Trinajstić information content (AvgIpc) is 2.62. The summed E-state index contributed by atoms with van der Waals surface area (Å²) >= 11 is 0. The highest BCUT2D eigenvalue weighted by Gasteiger charge is 2.12. The summed E-state index contributed by atoms with van der Waals surface area (Å²) in [6, 6.07) is 3.16. The number of aromatic nitrogens is 2. The highest BCUT2D eigenvalue weighted by Crippen LogP contribution is 2.27. The van der Waals surface area contributed by atoms with Crippen LogP contribution in [-0.2, 0) is 0 Å². The van der Waals surface area contributed by atoms with Gasteiger partial charge in [-0.25, -0.2) is 18.7 Å². The van der Waals surface area contributed by atoms with Gasteiger partial charge in [-0.1, -0.05) is 6.42 Å². The molecule has 25 heavy (non-hydrogen) atoms. The van der Waals surface area contributed by atoms with E-state index < -0.39 is 11.6 Å². The number of hydrogen-bond acceptors (Lipinski definition) is 6. The molecule has 6 nitrogen and oxygen atoms in total. The van der Waals surface area contributed by atoms with Gasteiger partial charge in [-0.3, -0.25) is 0 Å². The minimum Gasteiger partial charge on any atom is -0.393 e. The maximum absolute atomic E-state index is 13.8. The minimum atomic E-state index is -0.584. The number of nitrogens with one attached hydrogen (secondary N) is 2. The van der Waals surface area contributed by atoms with E-state index in [0.29, 0.717) is 12.4 Å². The molecule has 1 aromatic heterocycles. The first-order valence-corrected chi connectivity index (χ1v) is 8.42. The Balaban J connectivity index is 1.64. The number of nitrogens with two attached hydrogens (primary N) is 1. The van der Waals surface area contributed by atoms with Crippen LogP contribution < -0.4 is 16.4 Å². The first-order chi connectivity index (χ1) is 12.1. The van der Waals surface area contributed by atoms with Crippen LogP contribution in [0.15, 0.2) is 24.5 Å². The summed E-state index contributed by atoms with van der Waals surface area (Å²) in [5.74, 6) is -0.415. The molecule has 1 aromatic carbocycles. The number of nitrogens with zero attached hydrogens (tertiary/aromatic N) is 3.